The van der Waals surface area contributed by atoms with Crippen molar-refractivity contribution in [1.29, 1.82) is 0 Å². The molecule has 0 fully saturated rings. The van der Waals surface area contributed by atoms with Crippen molar-refractivity contribution in [2.24, 2.45) is 0 Å². The molecule has 104 valence electrons. The smallest absolute Gasteiger partial charge is 0.224 e. The summed E-state index contributed by atoms with van der Waals surface area (Å²) >= 11 is 0. The first-order valence-corrected chi connectivity index (χ1v) is 6.73. The zero-order valence-corrected chi connectivity index (χ0v) is 11.5. The summed E-state index contributed by atoms with van der Waals surface area (Å²) in [5, 5.41) is 11.8. The second kappa shape index (κ2) is 6.87. The van der Waals surface area contributed by atoms with Crippen LogP contribution < -0.4 is 5.32 Å². The number of hydrogen-bond acceptors (Lipinski definition) is 2. The van der Waals surface area contributed by atoms with Crippen molar-refractivity contribution in [3.8, 4) is 0 Å². The number of amides is 1. The van der Waals surface area contributed by atoms with Crippen LogP contribution in [-0.2, 0) is 11.4 Å². The van der Waals surface area contributed by atoms with Crippen LogP contribution in [0.5, 0.6) is 0 Å². The van der Waals surface area contributed by atoms with Gasteiger partial charge in [0.2, 0.25) is 5.91 Å². The summed E-state index contributed by atoms with van der Waals surface area (Å²) < 4.78 is 0. The number of rotatable bonds is 5. The molecule has 1 atom stereocenters. The summed E-state index contributed by atoms with van der Waals surface area (Å²) in [6.45, 7) is 2.06. The maximum Gasteiger partial charge on any atom is 0.224 e. The van der Waals surface area contributed by atoms with Gasteiger partial charge in [0.1, 0.15) is 0 Å². The van der Waals surface area contributed by atoms with Gasteiger partial charge >= 0.3 is 0 Å². The van der Waals surface area contributed by atoms with Crippen LogP contribution in [0, 0.1) is 0 Å². The van der Waals surface area contributed by atoms with E-state index < -0.39 is 0 Å². The lowest BCUT2D eigenvalue weighted by molar-refractivity contribution is -0.116. The molecule has 0 radical (unpaired) electrons. The van der Waals surface area contributed by atoms with Crippen LogP contribution in [0.25, 0.3) is 0 Å². The first kappa shape index (κ1) is 14.3. The third kappa shape index (κ3) is 3.93. The van der Waals surface area contributed by atoms with E-state index in [2.05, 4.69) is 5.32 Å². The molecule has 3 nitrogen and oxygen atoms in total. The van der Waals surface area contributed by atoms with Crippen molar-refractivity contribution in [2.45, 2.75) is 25.9 Å². The molecular weight excluding hydrogens is 250 g/mol. The van der Waals surface area contributed by atoms with Crippen LogP contribution in [0.1, 0.15) is 30.4 Å². The summed E-state index contributed by atoms with van der Waals surface area (Å²) in [6.07, 6.45) is 0.450. The molecule has 0 aromatic heterocycles. The minimum Gasteiger partial charge on any atom is -0.392 e. The van der Waals surface area contributed by atoms with E-state index >= 15 is 0 Å². The predicted octanol–water partition coefficient (Wildman–Crippen LogP) is 3.31. The average molecular weight is 269 g/mol. The normalized spacial score (nSPS) is 11.9. The van der Waals surface area contributed by atoms with Crippen LogP contribution in [-0.4, -0.2) is 11.0 Å². The Morgan fingerprint density at radius 1 is 1.10 bits per heavy atom. The fraction of sp³-hybridized carbons (Fsp3) is 0.235. The first-order valence-electron chi connectivity index (χ1n) is 6.73. The summed E-state index contributed by atoms with van der Waals surface area (Å²) in [4.78, 5) is 12.0. The van der Waals surface area contributed by atoms with Gasteiger partial charge in [0.05, 0.1) is 6.61 Å². The van der Waals surface area contributed by atoms with Crippen molar-refractivity contribution in [2.75, 3.05) is 5.32 Å². The zero-order chi connectivity index (χ0) is 14.4. The number of hydrogen-bond donors (Lipinski definition) is 2. The van der Waals surface area contributed by atoms with Gasteiger partial charge < -0.3 is 10.4 Å². The predicted molar refractivity (Wildman–Crippen MR) is 80.5 cm³/mol. The molecule has 2 aromatic rings. The SMILES string of the molecule is CC(CC(=O)Nc1ccc(CO)cc1)c1ccccc1. The third-order valence-corrected chi connectivity index (χ3v) is 3.28. The van der Waals surface area contributed by atoms with Crippen LogP contribution in [0.15, 0.2) is 54.6 Å². The molecule has 2 N–H and O–H groups in total. The monoisotopic (exact) mass is 269 g/mol. The topological polar surface area (TPSA) is 49.3 Å². The second-order valence-corrected chi connectivity index (χ2v) is 4.92. The van der Waals surface area contributed by atoms with Gasteiger partial charge in [0.15, 0.2) is 0 Å². The highest BCUT2D eigenvalue weighted by Crippen LogP contribution is 2.19. The molecule has 2 aromatic carbocycles. The van der Waals surface area contributed by atoms with Crippen LogP contribution in [0.2, 0.25) is 0 Å². The fourth-order valence-electron chi connectivity index (χ4n) is 2.08. The number of anilines is 1. The van der Waals surface area contributed by atoms with Gasteiger partial charge in [0, 0.05) is 12.1 Å². The highest BCUT2D eigenvalue weighted by atomic mass is 16.3. The molecule has 0 bridgehead atoms. The maximum atomic E-state index is 12.0. The standard InChI is InChI=1S/C17H19NO2/c1-13(15-5-3-2-4-6-15)11-17(20)18-16-9-7-14(12-19)8-10-16/h2-10,13,19H,11-12H2,1H3,(H,18,20). The fourth-order valence-corrected chi connectivity index (χ4v) is 2.08. The van der Waals surface area contributed by atoms with E-state index in [-0.39, 0.29) is 18.4 Å². The first-order chi connectivity index (χ1) is 9.69. The number of aliphatic hydroxyl groups excluding tert-OH is 1. The molecule has 1 unspecified atom stereocenters. The third-order valence-electron chi connectivity index (χ3n) is 3.28. The Balaban J connectivity index is 1.91. The molecule has 3 heteroatoms. The van der Waals surface area contributed by atoms with Gasteiger partial charge in [-0.25, -0.2) is 0 Å². The van der Waals surface area contributed by atoms with Crippen molar-refractivity contribution in [3.63, 3.8) is 0 Å². The van der Waals surface area contributed by atoms with E-state index in [1.165, 1.54) is 5.56 Å². The number of nitrogens with one attached hydrogen (secondary N) is 1. The van der Waals surface area contributed by atoms with E-state index in [1.54, 1.807) is 24.3 Å². The molecule has 0 saturated carbocycles. The molecule has 20 heavy (non-hydrogen) atoms. The quantitative estimate of drug-likeness (QED) is 0.875. The summed E-state index contributed by atoms with van der Waals surface area (Å²) in [5.41, 5.74) is 2.76. The van der Waals surface area contributed by atoms with E-state index in [0.717, 1.165) is 11.3 Å². The lowest BCUT2D eigenvalue weighted by Gasteiger charge is -2.12. The van der Waals surface area contributed by atoms with Crippen molar-refractivity contribution < 1.29 is 9.90 Å². The van der Waals surface area contributed by atoms with Gasteiger partial charge in [-0.2, -0.15) is 0 Å². The van der Waals surface area contributed by atoms with Gasteiger partial charge in [-0.15, -0.1) is 0 Å². The average Bonchev–Trinajstić information content (AvgIpc) is 2.49. The van der Waals surface area contributed by atoms with Gasteiger partial charge in [-0.05, 0) is 29.2 Å². The minimum absolute atomic E-state index is 0.00176. The molecular formula is C17H19NO2. The Morgan fingerprint density at radius 3 is 2.35 bits per heavy atom. The van der Waals surface area contributed by atoms with Gasteiger partial charge in [-0.3, -0.25) is 4.79 Å². The van der Waals surface area contributed by atoms with Gasteiger partial charge in [0.25, 0.3) is 0 Å². The lowest BCUT2D eigenvalue weighted by atomic mass is 9.97. The summed E-state index contributed by atoms with van der Waals surface area (Å²) in [7, 11) is 0. The zero-order valence-electron chi connectivity index (χ0n) is 11.5. The van der Waals surface area contributed by atoms with Crippen molar-refractivity contribution in [1.82, 2.24) is 0 Å². The van der Waals surface area contributed by atoms with Crippen LogP contribution in [0.3, 0.4) is 0 Å². The minimum atomic E-state index is -0.00176. The Morgan fingerprint density at radius 2 is 1.75 bits per heavy atom. The Labute approximate surface area is 119 Å². The maximum absolute atomic E-state index is 12.0. The molecule has 0 saturated heterocycles. The van der Waals surface area contributed by atoms with E-state index in [1.807, 2.05) is 37.3 Å². The molecule has 0 aliphatic heterocycles. The molecule has 1 amide bonds. The molecule has 0 aliphatic carbocycles. The van der Waals surface area contributed by atoms with Crippen LogP contribution in [0.4, 0.5) is 5.69 Å². The second-order valence-electron chi connectivity index (χ2n) is 4.92. The largest absolute Gasteiger partial charge is 0.392 e. The Bertz CT molecular complexity index is 549. The number of aliphatic hydroxyl groups is 1. The van der Waals surface area contributed by atoms with E-state index in [9.17, 15) is 4.79 Å². The summed E-state index contributed by atoms with van der Waals surface area (Å²) in [5.74, 6) is 0.186. The highest BCUT2D eigenvalue weighted by molar-refractivity contribution is 5.91. The molecule has 0 aliphatic rings. The lowest BCUT2D eigenvalue weighted by Crippen LogP contribution is -2.14. The number of carbonyl (C=O) groups excluding carboxylic acids is 1. The van der Waals surface area contributed by atoms with Crippen molar-refractivity contribution >= 4 is 11.6 Å². The summed E-state index contributed by atoms with van der Waals surface area (Å²) in [6, 6.07) is 17.2. The van der Waals surface area contributed by atoms with Gasteiger partial charge in [-0.1, -0.05) is 49.4 Å². The van der Waals surface area contributed by atoms with E-state index in [0.29, 0.717) is 6.42 Å². The molecule has 2 rings (SSSR count). The highest BCUT2D eigenvalue weighted by Gasteiger charge is 2.11. The molecule has 0 spiro atoms. The number of carbonyl (C=O) groups is 1. The Kier molecular flexibility index (Phi) is 4.91. The molecule has 0 heterocycles. The van der Waals surface area contributed by atoms with Crippen LogP contribution >= 0.6 is 0 Å². The van der Waals surface area contributed by atoms with Crippen molar-refractivity contribution in [3.05, 3.63) is 65.7 Å². The number of benzene rings is 2. The van der Waals surface area contributed by atoms with E-state index in [4.69, 9.17) is 5.11 Å². The Hall–Kier alpha value is -2.13.